The van der Waals surface area contributed by atoms with Gasteiger partial charge in [-0.2, -0.15) is 0 Å². The van der Waals surface area contributed by atoms with Gasteiger partial charge in [-0.1, -0.05) is 18.1 Å². The number of aliphatic imine (C=N–C) groups is 1. The van der Waals surface area contributed by atoms with Crippen LogP contribution in [-0.2, 0) is 11.2 Å². The zero-order valence-corrected chi connectivity index (χ0v) is 18.4. The number of hydrogen-bond acceptors (Lipinski definition) is 4. The molecule has 150 valence electrons. The van der Waals surface area contributed by atoms with Crippen LogP contribution < -0.4 is 15.4 Å². The number of morpholine rings is 1. The summed E-state index contributed by atoms with van der Waals surface area (Å²) < 4.78 is 10.8. The van der Waals surface area contributed by atoms with Gasteiger partial charge in [-0.25, -0.2) is 0 Å². The van der Waals surface area contributed by atoms with Gasteiger partial charge in [-0.15, -0.1) is 30.4 Å². The van der Waals surface area contributed by atoms with Gasteiger partial charge in [-0.3, -0.25) is 9.89 Å². The Morgan fingerprint density at radius 3 is 2.67 bits per heavy atom. The molecule has 0 bridgehead atoms. The van der Waals surface area contributed by atoms with E-state index in [1.165, 1.54) is 5.56 Å². The molecule has 1 aromatic carbocycles. The first-order chi connectivity index (χ1) is 12.8. The second kappa shape index (κ2) is 14.5. The van der Waals surface area contributed by atoms with Crippen LogP contribution in [0.4, 0.5) is 0 Å². The minimum Gasteiger partial charge on any atom is -0.481 e. The van der Waals surface area contributed by atoms with Gasteiger partial charge in [0.05, 0.1) is 19.8 Å². The van der Waals surface area contributed by atoms with Gasteiger partial charge in [0, 0.05) is 32.7 Å². The molecule has 0 aliphatic carbocycles. The topological polar surface area (TPSA) is 58.1 Å². The van der Waals surface area contributed by atoms with Crippen molar-refractivity contribution in [1.29, 1.82) is 0 Å². The molecular formula is C20H31IN4O2. The van der Waals surface area contributed by atoms with Crippen molar-refractivity contribution in [2.75, 3.05) is 59.1 Å². The van der Waals surface area contributed by atoms with E-state index < -0.39 is 0 Å². The monoisotopic (exact) mass is 486 g/mol. The third-order valence-electron chi connectivity index (χ3n) is 4.09. The fraction of sp³-hybridized carbons (Fsp3) is 0.550. The Hall–Kier alpha value is -1.50. The Labute approximate surface area is 180 Å². The van der Waals surface area contributed by atoms with Crippen LogP contribution in [0.25, 0.3) is 0 Å². The molecule has 0 saturated carbocycles. The van der Waals surface area contributed by atoms with E-state index in [2.05, 4.69) is 45.5 Å². The minimum atomic E-state index is 0. The van der Waals surface area contributed by atoms with Crippen LogP contribution in [-0.4, -0.2) is 69.9 Å². The number of terminal acetylenes is 1. The van der Waals surface area contributed by atoms with Gasteiger partial charge in [-0.05, 0) is 31.0 Å². The van der Waals surface area contributed by atoms with Gasteiger partial charge in [0.25, 0.3) is 0 Å². The normalized spacial score (nSPS) is 14.7. The number of ether oxygens (including phenoxy) is 2. The lowest BCUT2D eigenvalue weighted by molar-refractivity contribution is 0.0394. The van der Waals surface area contributed by atoms with E-state index in [1.54, 1.807) is 0 Å². The predicted molar refractivity (Wildman–Crippen MR) is 121 cm³/mol. The number of guanidine groups is 1. The van der Waals surface area contributed by atoms with E-state index in [0.29, 0.717) is 6.61 Å². The lowest BCUT2D eigenvalue weighted by atomic mass is 10.1. The lowest BCUT2D eigenvalue weighted by Crippen LogP contribution is -2.40. The summed E-state index contributed by atoms with van der Waals surface area (Å²) in [5.41, 5.74) is 1.25. The van der Waals surface area contributed by atoms with Crippen LogP contribution in [0.15, 0.2) is 29.3 Å². The highest BCUT2D eigenvalue weighted by molar-refractivity contribution is 14.0. The Morgan fingerprint density at radius 2 is 2.00 bits per heavy atom. The molecule has 0 spiro atoms. The first-order valence-corrected chi connectivity index (χ1v) is 9.29. The predicted octanol–water partition coefficient (Wildman–Crippen LogP) is 1.75. The van der Waals surface area contributed by atoms with Crippen LogP contribution in [0.3, 0.4) is 0 Å². The van der Waals surface area contributed by atoms with Crippen molar-refractivity contribution in [2.45, 2.75) is 13.3 Å². The Kier molecular flexibility index (Phi) is 12.7. The number of nitrogens with zero attached hydrogens (tertiary/aromatic N) is 2. The Bertz CT molecular complexity index is 581. The van der Waals surface area contributed by atoms with Crippen molar-refractivity contribution < 1.29 is 9.47 Å². The van der Waals surface area contributed by atoms with Crippen LogP contribution in [0.2, 0.25) is 0 Å². The minimum absolute atomic E-state index is 0. The second-order valence-electron chi connectivity index (χ2n) is 6.03. The molecule has 2 rings (SSSR count). The average Bonchev–Trinajstić information content (AvgIpc) is 2.68. The second-order valence-corrected chi connectivity index (χ2v) is 6.03. The summed E-state index contributed by atoms with van der Waals surface area (Å²) in [5.74, 6) is 4.14. The summed E-state index contributed by atoms with van der Waals surface area (Å²) in [4.78, 5) is 7.05. The molecule has 1 saturated heterocycles. The number of benzene rings is 1. The third kappa shape index (κ3) is 9.84. The van der Waals surface area contributed by atoms with Crippen LogP contribution in [0, 0.1) is 12.3 Å². The van der Waals surface area contributed by atoms with Crippen LogP contribution >= 0.6 is 24.0 Å². The first-order valence-electron chi connectivity index (χ1n) is 9.29. The molecule has 1 aromatic rings. The van der Waals surface area contributed by atoms with Gasteiger partial charge in [0.15, 0.2) is 5.96 Å². The number of hydrogen-bond donors (Lipinski definition) is 2. The maximum atomic E-state index is 5.39. The highest BCUT2D eigenvalue weighted by Gasteiger charge is 2.09. The van der Waals surface area contributed by atoms with E-state index in [0.717, 1.165) is 70.6 Å². The molecule has 0 atom stereocenters. The Morgan fingerprint density at radius 1 is 1.26 bits per heavy atom. The van der Waals surface area contributed by atoms with Crippen molar-refractivity contribution in [3.8, 4) is 18.1 Å². The summed E-state index contributed by atoms with van der Waals surface area (Å²) >= 11 is 0. The van der Waals surface area contributed by atoms with Crippen molar-refractivity contribution in [2.24, 2.45) is 4.99 Å². The molecule has 1 fully saturated rings. The largest absolute Gasteiger partial charge is 0.481 e. The van der Waals surface area contributed by atoms with E-state index in [1.807, 2.05) is 12.1 Å². The third-order valence-corrected chi connectivity index (χ3v) is 4.09. The van der Waals surface area contributed by atoms with Crippen molar-refractivity contribution in [3.63, 3.8) is 0 Å². The molecule has 1 aliphatic rings. The molecule has 27 heavy (non-hydrogen) atoms. The quantitative estimate of drug-likeness (QED) is 0.241. The summed E-state index contributed by atoms with van der Waals surface area (Å²) in [7, 11) is 0. The first kappa shape index (κ1) is 23.5. The number of nitrogens with one attached hydrogen (secondary N) is 2. The fourth-order valence-corrected chi connectivity index (χ4v) is 2.67. The van der Waals surface area contributed by atoms with Gasteiger partial charge >= 0.3 is 0 Å². The van der Waals surface area contributed by atoms with Crippen molar-refractivity contribution >= 4 is 29.9 Å². The van der Waals surface area contributed by atoms with Crippen molar-refractivity contribution in [1.82, 2.24) is 15.5 Å². The molecule has 2 N–H and O–H groups in total. The smallest absolute Gasteiger partial charge is 0.191 e. The SMILES string of the molecule is C#CCOc1ccc(CCNC(=NCCN2CCOCC2)NCC)cc1.I. The lowest BCUT2D eigenvalue weighted by Gasteiger charge is -2.25. The van der Waals surface area contributed by atoms with E-state index >= 15 is 0 Å². The average molecular weight is 486 g/mol. The molecule has 1 heterocycles. The maximum Gasteiger partial charge on any atom is 0.191 e. The molecule has 0 radical (unpaired) electrons. The number of halogens is 1. The zero-order chi connectivity index (χ0) is 18.5. The zero-order valence-electron chi connectivity index (χ0n) is 16.1. The van der Waals surface area contributed by atoms with Gasteiger partial charge < -0.3 is 20.1 Å². The van der Waals surface area contributed by atoms with Gasteiger partial charge in [0.2, 0.25) is 0 Å². The summed E-state index contributed by atoms with van der Waals surface area (Å²) in [6.45, 7) is 9.47. The fourth-order valence-electron chi connectivity index (χ4n) is 2.67. The molecular weight excluding hydrogens is 455 g/mol. The standard InChI is InChI=1S/C20H30N4O2.HI/c1-3-15-26-19-7-5-18(6-8-19)9-10-22-20(21-4-2)23-11-12-24-13-16-25-17-14-24;/h1,5-8H,4,9-17H2,2H3,(H2,21,22,23);1H. The van der Waals surface area contributed by atoms with Gasteiger partial charge in [0.1, 0.15) is 12.4 Å². The molecule has 0 unspecified atom stereocenters. The molecule has 6 nitrogen and oxygen atoms in total. The van der Waals surface area contributed by atoms with Crippen molar-refractivity contribution in [3.05, 3.63) is 29.8 Å². The maximum absolute atomic E-state index is 5.39. The summed E-state index contributed by atoms with van der Waals surface area (Å²) in [5, 5.41) is 6.69. The Balaban J connectivity index is 0.00000364. The van der Waals surface area contributed by atoms with E-state index in [4.69, 9.17) is 15.9 Å². The van der Waals surface area contributed by atoms with Crippen LogP contribution in [0.5, 0.6) is 5.75 Å². The highest BCUT2D eigenvalue weighted by atomic mass is 127. The molecule has 0 aromatic heterocycles. The summed E-state index contributed by atoms with van der Waals surface area (Å²) in [6, 6.07) is 8.04. The number of rotatable bonds is 9. The highest BCUT2D eigenvalue weighted by Crippen LogP contribution is 2.12. The molecule has 0 amide bonds. The van der Waals surface area contributed by atoms with E-state index in [9.17, 15) is 0 Å². The van der Waals surface area contributed by atoms with Crippen LogP contribution in [0.1, 0.15) is 12.5 Å². The molecule has 1 aliphatic heterocycles. The van der Waals surface area contributed by atoms with E-state index in [-0.39, 0.29) is 24.0 Å². The summed E-state index contributed by atoms with van der Waals surface area (Å²) in [6.07, 6.45) is 6.11. The molecule has 7 heteroatoms.